The molecular weight excluding hydrogens is 242 g/mol. The summed E-state index contributed by atoms with van der Waals surface area (Å²) in [5.74, 6) is 0. The molecule has 0 unspecified atom stereocenters. The van der Waals surface area contributed by atoms with E-state index in [-0.39, 0.29) is 5.41 Å². The van der Waals surface area contributed by atoms with E-state index in [2.05, 4.69) is 44.4 Å². The largest absolute Gasteiger partial charge is 0.212 e. The van der Waals surface area contributed by atoms with Gasteiger partial charge in [0.25, 0.3) is 0 Å². The molecule has 0 amide bonds. The van der Waals surface area contributed by atoms with Crippen LogP contribution in [0.4, 0.5) is 0 Å². The van der Waals surface area contributed by atoms with Crippen molar-refractivity contribution in [2.45, 2.75) is 46.4 Å². The van der Waals surface area contributed by atoms with Crippen molar-refractivity contribution >= 4 is 0 Å². The summed E-state index contributed by atoms with van der Waals surface area (Å²) in [6.07, 6.45) is 0.876. The Morgan fingerprint density at radius 2 is 1.80 bits per heavy atom. The lowest BCUT2D eigenvalue weighted by molar-refractivity contribution is -0.672. The summed E-state index contributed by atoms with van der Waals surface area (Å²) in [4.78, 5) is 0. The molecule has 1 heteroatoms. The molecule has 20 heavy (non-hydrogen) atoms. The predicted molar refractivity (Wildman–Crippen MR) is 85.8 cm³/mol. The van der Waals surface area contributed by atoms with Crippen molar-refractivity contribution in [1.29, 1.82) is 0 Å². The quantitative estimate of drug-likeness (QED) is 0.725. The van der Waals surface area contributed by atoms with E-state index in [0.29, 0.717) is 5.56 Å². The van der Waals surface area contributed by atoms with Crippen LogP contribution in [0.5, 0.6) is 0 Å². The van der Waals surface area contributed by atoms with Crippen LogP contribution in [0.2, 0.25) is 0 Å². The summed E-state index contributed by atoms with van der Waals surface area (Å²) >= 11 is 0. The van der Waals surface area contributed by atoms with E-state index in [1.165, 1.54) is 5.56 Å². The monoisotopic (exact) mass is 271 g/mol. The van der Waals surface area contributed by atoms with E-state index in [9.17, 15) is 0 Å². The maximum atomic E-state index is 7.90. The first-order valence-electron chi connectivity index (χ1n) is 8.69. The second-order valence-corrected chi connectivity index (χ2v) is 6.09. The number of pyridine rings is 1. The molecule has 1 nitrogen and oxygen atoms in total. The second-order valence-electron chi connectivity index (χ2n) is 6.09. The van der Waals surface area contributed by atoms with Crippen molar-refractivity contribution in [3.8, 4) is 11.3 Å². The van der Waals surface area contributed by atoms with Gasteiger partial charge in [0.2, 0.25) is 5.69 Å². The zero-order valence-corrected chi connectivity index (χ0v) is 13.1. The van der Waals surface area contributed by atoms with Crippen molar-refractivity contribution in [1.82, 2.24) is 0 Å². The fraction of sp³-hybridized carbons (Fsp3) is 0.421. The third kappa shape index (κ3) is 2.49. The zero-order chi connectivity index (χ0) is 17.4. The van der Waals surface area contributed by atoms with Crippen molar-refractivity contribution in [3.05, 3.63) is 53.2 Å². The third-order valence-electron chi connectivity index (χ3n) is 4.31. The van der Waals surface area contributed by atoms with Gasteiger partial charge in [0, 0.05) is 26.7 Å². The first kappa shape index (κ1) is 11.1. The molecule has 0 spiro atoms. The van der Waals surface area contributed by atoms with Crippen molar-refractivity contribution in [3.63, 3.8) is 0 Å². The highest BCUT2D eigenvalue weighted by atomic mass is 15.0. The van der Waals surface area contributed by atoms with E-state index >= 15 is 0 Å². The molecule has 1 aromatic carbocycles. The summed E-state index contributed by atoms with van der Waals surface area (Å²) in [5.41, 5.74) is 4.50. The smallest absolute Gasteiger partial charge is 0.198 e. The Labute approximate surface area is 127 Å². The van der Waals surface area contributed by atoms with Gasteiger partial charge in [-0.2, -0.15) is 4.57 Å². The highest BCUT2D eigenvalue weighted by Crippen LogP contribution is 2.29. The molecule has 0 aliphatic rings. The Hall–Kier alpha value is -1.63. The Morgan fingerprint density at radius 3 is 2.40 bits per heavy atom. The third-order valence-corrected chi connectivity index (χ3v) is 4.31. The fourth-order valence-corrected chi connectivity index (χ4v) is 2.77. The molecule has 1 heterocycles. The number of aromatic nitrogens is 1. The average molecular weight is 271 g/mol. The minimum absolute atomic E-state index is 0.211. The van der Waals surface area contributed by atoms with Gasteiger partial charge in [0.15, 0.2) is 5.69 Å². The SMILES string of the molecule is [2H]C([2H])([2H])c1ccc(-c2ccccc2C)[n+](C)c1C(C)(C)CC. The van der Waals surface area contributed by atoms with Gasteiger partial charge in [-0.15, -0.1) is 0 Å². The van der Waals surface area contributed by atoms with Crippen LogP contribution in [0.25, 0.3) is 11.3 Å². The van der Waals surface area contributed by atoms with Gasteiger partial charge in [-0.25, -0.2) is 0 Å². The van der Waals surface area contributed by atoms with E-state index in [1.54, 1.807) is 6.07 Å². The molecule has 0 N–H and O–H groups in total. The van der Waals surface area contributed by atoms with E-state index in [0.717, 1.165) is 23.4 Å². The van der Waals surface area contributed by atoms with Crippen LogP contribution in [0.15, 0.2) is 36.4 Å². The van der Waals surface area contributed by atoms with Crippen LogP contribution in [-0.4, -0.2) is 0 Å². The lowest BCUT2D eigenvalue weighted by Gasteiger charge is -2.23. The highest BCUT2D eigenvalue weighted by molar-refractivity contribution is 5.61. The van der Waals surface area contributed by atoms with Gasteiger partial charge in [0.05, 0.1) is 0 Å². The van der Waals surface area contributed by atoms with Crippen LogP contribution in [0, 0.1) is 13.8 Å². The maximum absolute atomic E-state index is 7.90. The lowest BCUT2D eigenvalue weighted by atomic mass is 9.83. The normalized spacial score (nSPS) is 14.6. The first-order chi connectivity index (χ1) is 10.6. The molecule has 0 aliphatic heterocycles. The topological polar surface area (TPSA) is 3.88 Å². The van der Waals surface area contributed by atoms with Crippen LogP contribution in [0.3, 0.4) is 0 Å². The van der Waals surface area contributed by atoms with E-state index in [1.807, 2.05) is 25.2 Å². The molecule has 0 saturated heterocycles. The maximum Gasteiger partial charge on any atom is 0.212 e. The van der Waals surface area contributed by atoms with Crippen molar-refractivity contribution in [2.75, 3.05) is 0 Å². The van der Waals surface area contributed by atoms with Crippen LogP contribution in [0.1, 0.15) is 48.1 Å². The Kier molecular flexibility index (Phi) is 2.99. The van der Waals surface area contributed by atoms with E-state index in [4.69, 9.17) is 4.11 Å². The molecule has 0 aliphatic carbocycles. The molecular formula is C19H26N+. The number of hydrogen-bond acceptors (Lipinski definition) is 0. The number of rotatable bonds is 3. The minimum atomic E-state index is -2.11. The van der Waals surface area contributed by atoms with Gasteiger partial charge in [-0.3, -0.25) is 0 Å². The van der Waals surface area contributed by atoms with Crippen LogP contribution >= 0.6 is 0 Å². The number of aryl methyl sites for hydroxylation is 2. The first-order valence-corrected chi connectivity index (χ1v) is 7.19. The number of nitrogens with zero attached hydrogens (tertiary/aromatic N) is 1. The summed E-state index contributed by atoms with van der Waals surface area (Å²) in [6.45, 7) is 6.30. The summed E-state index contributed by atoms with van der Waals surface area (Å²) in [6, 6.07) is 11.9. The summed E-state index contributed by atoms with van der Waals surface area (Å²) in [7, 11) is 1.98. The summed E-state index contributed by atoms with van der Waals surface area (Å²) < 4.78 is 25.8. The molecule has 0 fully saturated rings. The van der Waals surface area contributed by atoms with Crippen LogP contribution in [-0.2, 0) is 12.5 Å². The average Bonchev–Trinajstić information content (AvgIpc) is 2.46. The van der Waals surface area contributed by atoms with Crippen molar-refractivity contribution < 1.29 is 8.68 Å². The molecule has 2 rings (SSSR count). The highest BCUT2D eigenvalue weighted by Gasteiger charge is 2.31. The molecule has 0 radical (unpaired) electrons. The number of hydrogen-bond donors (Lipinski definition) is 0. The van der Waals surface area contributed by atoms with Gasteiger partial charge >= 0.3 is 0 Å². The minimum Gasteiger partial charge on any atom is -0.198 e. The van der Waals surface area contributed by atoms with Gasteiger partial charge in [0.1, 0.15) is 7.05 Å². The Balaban J connectivity index is 2.81. The Morgan fingerprint density at radius 1 is 1.10 bits per heavy atom. The molecule has 1 aromatic heterocycles. The summed E-state index contributed by atoms with van der Waals surface area (Å²) in [5, 5.41) is 0. The molecule has 0 saturated carbocycles. The van der Waals surface area contributed by atoms with Gasteiger partial charge < -0.3 is 0 Å². The second kappa shape index (κ2) is 5.40. The lowest BCUT2D eigenvalue weighted by Crippen LogP contribution is -2.43. The number of benzene rings is 1. The molecule has 0 bridgehead atoms. The van der Waals surface area contributed by atoms with Gasteiger partial charge in [-0.1, -0.05) is 25.1 Å². The van der Waals surface area contributed by atoms with Gasteiger partial charge in [-0.05, 0) is 51.7 Å². The Bertz CT molecular complexity index is 715. The van der Waals surface area contributed by atoms with E-state index < -0.39 is 6.85 Å². The standard InChI is InChI=1S/C19H26N/c1-7-19(4,5)18-15(3)12-13-17(20(18)6)16-11-9-8-10-14(16)2/h8-13H,7H2,1-6H3/q+1/i3D3. The van der Waals surface area contributed by atoms with Crippen LogP contribution < -0.4 is 4.57 Å². The predicted octanol–water partition coefficient (Wildman–Crippen LogP) is 4.48. The zero-order valence-electron chi connectivity index (χ0n) is 16.1. The fourth-order valence-electron chi connectivity index (χ4n) is 2.77. The molecule has 2 aromatic rings. The molecule has 0 atom stereocenters. The molecule has 106 valence electrons. The van der Waals surface area contributed by atoms with Crippen molar-refractivity contribution in [2.24, 2.45) is 7.05 Å².